The second-order valence-corrected chi connectivity index (χ2v) is 7.60. The van der Waals surface area contributed by atoms with Crippen LogP contribution in [0.15, 0.2) is 41.3 Å². The normalized spacial score (nSPS) is 17.8. The smallest absolute Gasteiger partial charge is 0.325 e. The molecule has 146 valence electrons. The van der Waals surface area contributed by atoms with Gasteiger partial charge in [0, 0.05) is 42.0 Å². The first kappa shape index (κ1) is 18.4. The highest BCUT2D eigenvalue weighted by molar-refractivity contribution is 5.79. The lowest BCUT2D eigenvalue weighted by atomic mass is 9.94. The van der Waals surface area contributed by atoms with Crippen LogP contribution in [0.4, 0.5) is 0 Å². The summed E-state index contributed by atoms with van der Waals surface area (Å²) in [6.45, 7) is 4.22. The van der Waals surface area contributed by atoms with Crippen LogP contribution in [-0.4, -0.2) is 43.8 Å². The molecule has 1 aliphatic rings. The average molecular weight is 380 g/mol. The highest BCUT2D eigenvalue weighted by atomic mass is 16.4. The summed E-state index contributed by atoms with van der Waals surface area (Å²) in [5.41, 5.74) is 3.69. The van der Waals surface area contributed by atoms with Gasteiger partial charge in [-0.3, -0.25) is 19.2 Å². The molecule has 1 atom stereocenters. The number of aromatic nitrogens is 3. The van der Waals surface area contributed by atoms with Gasteiger partial charge in [0.05, 0.1) is 0 Å². The summed E-state index contributed by atoms with van der Waals surface area (Å²) in [5, 5.41) is 14.3. The van der Waals surface area contributed by atoms with E-state index in [4.69, 9.17) is 5.11 Å². The molecule has 0 bridgehead atoms. The number of carboxylic acids is 1. The number of aryl methyl sites for hydroxylation is 1. The van der Waals surface area contributed by atoms with Crippen LogP contribution in [0.3, 0.4) is 0 Å². The molecule has 0 aliphatic carbocycles. The van der Waals surface area contributed by atoms with Gasteiger partial charge in [0.2, 0.25) is 0 Å². The summed E-state index contributed by atoms with van der Waals surface area (Å²) in [7, 11) is 0. The molecule has 0 amide bonds. The molecule has 0 radical (unpaired) electrons. The minimum Gasteiger partial charge on any atom is -0.480 e. The van der Waals surface area contributed by atoms with Gasteiger partial charge in [-0.25, -0.2) is 0 Å². The molecule has 1 aliphatic heterocycles. The summed E-state index contributed by atoms with van der Waals surface area (Å²) in [6, 6.07) is 9.91. The molecule has 2 aromatic heterocycles. The number of pyridine rings is 1. The highest BCUT2D eigenvalue weighted by Gasteiger charge is 2.25. The van der Waals surface area contributed by atoms with Gasteiger partial charge in [-0.05, 0) is 56.0 Å². The fraction of sp³-hybridized carbons (Fsp3) is 0.381. The van der Waals surface area contributed by atoms with Crippen LogP contribution in [0.2, 0.25) is 0 Å². The van der Waals surface area contributed by atoms with E-state index in [-0.39, 0.29) is 18.0 Å². The molecule has 3 aromatic rings. The van der Waals surface area contributed by atoms with Crippen molar-refractivity contribution in [2.24, 2.45) is 0 Å². The Balaban J connectivity index is 1.54. The summed E-state index contributed by atoms with van der Waals surface area (Å²) >= 11 is 0. The minimum atomic E-state index is -0.893. The van der Waals surface area contributed by atoms with E-state index in [1.54, 1.807) is 10.9 Å². The number of carbonyl (C=O) groups is 1. The maximum Gasteiger partial charge on any atom is 0.325 e. The zero-order valence-corrected chi connectivity index (χ0v) is 15.9. The highest BCUT2D eigenvalue weighted by Crippen LogP contribution is 2.27. The monoisotopic (exact) mass is 380 g/mol. The molecule has 4 rings (SSSR count). The summed E-state index contributed by atoms with van der Waals surface area (Å²) in [5.74, 6) is -0.673. The zero-order valence-electron chi connectivity index (χ0n) is 15.9. The van der Waals surface area contributed by atoms with Crippen LogP contribution in [-0.2, 0) is 17.9 Å². The quantitative estimate of drug-likeness (QED) is 0.710. The molecule has 7 heteroatoms. The fourth-order valence-electron chi connectivity index (χ4n) is 4.12. The Labute approximate surface area is 162 Å². The number of nitrogens with zero attached hydrogens (tertiary/aromatic N) is 3. The van der Waals surface area contributed by atoms with E-state index in [0.717, 1.165) is 53.7 Å². The minimum absolute atomic E-state index is 0.0469. The molecule has 28 heavy (non-hydrogen) atoms. The molecule has 1 aromatic carbocycles. The van der Waals surface area contributed by atoms with Crippen molar-refractivity contribution in [2.75, 3.05) is 13.1 Å². The molecule has 1 saturated heterocycles. The van der Waals surface area contributed by atoms with Gasteiger partial charge in [0.15, 0.2) is 0 Å². The second kappa shape index (κ2) is 7.59. The largest absolute Gasteiger partial charge is 0.480 e. The van der Waals surface area contributed by atoms with Crippen LogP contribution in [0, 0.1) is 6.92 Å². The molecule has 0 spiro atoms. The number of piperidine rings is 1. The Morgan fingerprint density at radius 1 is 1.32 bits per heavy atom. The molecule has 0 unspecified atom stereocenters. The van der Waals surface area contributed by atoms with Crippen molar-refractivity contribution < 1.29 is 9.90 Å². The van der Waals surface area contributed by atoms with Crippen LogP contribution in [0.25, 0.3) is 10.9 Å². The Bertz CT molecular complexity index is 1070. The number of aromatic amines is 1. The van der Waals surface area contributed by atoms with Crippen molar-refractivity contribution in [1.29, 1.82) is 0 Å². The van der Waals surface area contributed by atoms with E-state index in [1.807, 2.05) is 31.2 Å². The van der Waals surface area contributed by atoms with Crippen molar-refractivity contribution in [2.45, 2.75) is 38.8 Å². The van der Waals surface area contributed by atoms with Gasteiger partial charge in [0.25, 0.3) is 5.56 Å². The number of H-pyrrole nitrogens is 1. The third-order valence-corrected chi connectivity index (χ3v) is 5.43. The van der Waals surface area contributed by atoms with Crippen LogP contribution in [0.5, 0.6) is 0 Å². The Morgan fingerprint density at radius 2 is 2.18 bits per heavy atom. The van der Waals surface area contributed by atoms with E-state index in [0.29, 0.717) is 6.54 Å². The second-order valence-electron chi connectivity index (χ2n) is 7.60. The van der Waals surface area contributed by atoms with Crippen LogP contribution >= 0.6 is 0 Å². The van der Waals surface area contributed by atoms with Crippen LogP contribution in [0.1, 0.15) is 35.6 Å². The van der Waals surface area contributed by atoms with Crippen molar-refractivity contribution in [3.63, 3.8) is 0 Å². The van der Waals surface area contributed by atoms with Gasteiger partial charge in [-0.15, -0.1) is 0 Å². The van der Waals surface area contributed by atoms with Crippen molar-refractivity contribution in [3.05, 3.63) is 63.7 Å². The van der Waals surface area contributed by atoms with Gasteiger partial charge >= 0.3 is 5.97 Å². The first-order valence-corrected chi connectivity index (χ1v) is 9.58. The van der Waals surface area contributed by atoms with Gasteiger partial charge in [-0.1, -0.05) is 11.6 Å². The first-order valence-electron chi connectivity index (χ1n) is 9.58. The third-order valence-electron chi connectivity index (χ3n) is 5.43. The molecule has 2 N–H and O–H groups in total. The maximum atomic E-state index is 12.5. The predicted octanol–water partition coefficient (Wildman–Crippen LogP) is 2.50. The van der Waals surface area contributed by atoms with E-state index in [2.05, 4.69) is 21.0 Å². The maximum absolute atomic E-state index is 12.5. The van der Waals surface area contributed by atoms with Gasteiger partial charge < -0.3 is 10.1 Å². The fourth-order valence-corrected chi connectivity index (χ4v) is 4.12. The van der Waals surface area contributed by atoms with E-state index >= 15 is 0 Å². The number of carboxylic acid groups (broad SMARTS) is 1. The number of benzene rings is 1. The SMILES string of the molecule is Cc1ccc2[nH]c(=O)c(CN3CCC[C@@H](c4ccnn4CC(=O)O)C3)cc2c1. The standard InChI is InChI=1S/C21H24N4O3/c1-14-4-5-18-16(9-14)10-17(21(28)23-18)12-24-8-2-3-15(11-24)19-6-7-22-25(19)13-20(26)27/h4-7,9-10,15H,2-3,8,11-13H2,1H3,(H,23,28)(H,26,27)/t15-/m1/s1. The lowest BCUT2D eigenvalue weighted by Gasteiger charge is -2.32. The molecular weight excluding hydrogens is 356 g/mol. The number of hydrogen-bond donors (Lipinski definition) is 2. The zero-order chi connectivity index (χ0) is 19.7. The van der Waals surface area contributed by atoms with E-state index in [9.17, 15) is 9.59 Å². The lowest BCUT2D eigenvalue weighted by molar-refractivity contribution is -0.137. The molecule has 1 fully saturated rings. The van der Waals surface area contributed by atoms with Crippen molar-refractivity contribution in [3.8, 4) is 0 Å². The Morgan fingerprint density at radius 3 is 3.00 bits per heavy atom. The third kappa shape index (κ3) is 3.84. The van der Waals surface area contributed by atoms with Crippen LogP contribution < -0.4 is 5.56 Å². The van der Waals surface area contributed by atoms with Gasteiger partial charge in [-0.2, -0.15) is 5.10 Å². The summed E-state index contributed by atoms with van der Waals surface area (Å²) < 4.78 is 1.57. The first-order chi connectivity index (χ1) is 13.5. The van der Waals surface area contributed by atoms with E-state index < -0.39 is 5.97 Å². The van der Waals surface area contributed by atoms with Crippen molar-refractivity contribution in [1.82, 2.24) is 19.7 Å². The molecule has 3 heterocycles. The average Bonchev–Trinajstić information content (AvgIpc) is 3.10. The number of aliphatic carboxylic acids is 1. The molecule has 0 saturated carbocycles. The molecule has 7 nitrogen and oxygen atoms in total. The number of likely N-dealkylation sites (tertiary alicyclic amines) is 1. The van der Waals surface area contributed by atoms with Gasteiger partial charge in [0.1, 0.15) is 6.54 Å². The number of nitrogens with one attached hydrogen (secondary N) is 1. The van der Waals surface area contributed by atoms with E-state index in [1.165, 1.54) is 0 Å². The summed E-state index contributed by atoms with van der Waals surface area (Å²) in [4.78, 5) is 28.8. The number of fused-ring (bicyclic) bond motifs is 1. The lowest BCUT2D eigenvalue weighted by Crippen LogP contribution is -2.36. The van der Waals surface area contributed by atoms with Crippen molar-refractivity contribution >= 4 is 16.9 Å². The number of hydrogen-bond acceptors (Lipinski definition) is 4. The topological polar surface area (TPSA) is 91.2 Å². The Hall–Kier alpha value is -2.93. The predicted molar refractivity (Wildman–Crippen MR) is 106 cm³/mol. The summed E-state index contributed by atoms with van der Waals surface area (Å²) in [6.07, 6.45) is 3.66. The molecular formula is C21H24N4O3. The number of rotatable bonds is 5. The Kier molecular flexibility index (Phi) is 5.00.